The molecule has 0 radical (unpaired) electrons. The maximum atomic E-state index is 13.5. The molecule has 0 heterocycles. The van der Waals surface area contributed by atoms with Crippen molar-refractivity contribution >= 4 is 29.9 Å². The predicted molar refractivity (Wildman–Crippen MR) is 94.1 cm³/mol. The molecule has 0 spiro atoms. The number of halogens is 3. The van der Waals surface area contributed by atoms with Crippen molar-refractivity contribution in [3.8, 4) is 0 Å². The van der Waals surface area contributed by atoms with E-state index in [4.69, 9.17) is 0 Å². The maximum absolute atomic E-state index is 13.5. The summed E-state index contributed by atoms with van der Waals surface area (Å²) in [5.41, 5.74) is 0.268. The summed E-state index contributed by atoms with van der Waals surface area (Å²) in [6.45, 7) is 5.85. The normalized spacial score (nSPS) is 11.0. The highest BCUT2D eigenvalue weighted by molar-refractivity contribution is 14.0. The number of unbranched alkanes of at least 4 members (excludes halogenated alkanes) is 1. The molecule has 0 fully saturated rings. The first-order chi connectivity index (χ1) is 9.58. The minimum atomic E-state index is -0.444. The Morgan fingerprint density at radius 1 is 1.29 bits per heavy atom. The lowest BCUT2D eigenvalue weighted by Gasteiger charge is -2.21. The molecular weight excluding hydrogens is 387 g/mol. The van der Waals surface area contributed by atoms with E-state index in [2.05, 4.69) is 17.2 Å². The van der Waals surface area contributed by atoms with Crippen LogP contribution in [0.5, 0.6) is 0 Å². The molecule has 0 aromatic heterocycles. The van der Waals surface area contributed by atoms with Crippen molar-refractivity contribution in [1.29, 1.82) is 0 Å². The van der Waals surface area contributed by atoms with Crippen molar-refractivity contribution in [3.63, 3.8) is 0 Å². The van der Waals surface area contributed by atoms with Crippen LogP contribution in [-0.4, -0.2) is 31.0 Å². The Morgan fingerprint density at radius 2 is 2.00 bits per heavy atom. The van der Waals surface area contributed by atoms with Gasteiger partial charge in [0.25, 0.3) is 0 Å². The van der Waals surface area contributed by atoms with Crippen molar-refractivity contribution in [3.05, 3.63) is 35.4 Å². The number of benzene rings is 1. The van der Waals surface area contributed by atoms with E-state index in [0.29, 0.717) is 5.96 Å². The lowest BCUT2D eigenvalue weighted by Crippen LogP contribution is -2.39. The fourth-order valence-corrected chi connectivity index (χ4v) is 1.80. The molecule has 21 heavy (non-hydrogen) atoms. The molecule has 0 saturated carbocycles. The highest BCUT2D eigenvalue weighted by Crippen LogP contribution is 2.11. The fraction of sp³-hybridized carbons (Fsp3) is 0.533. The van der Waals surface area contributed by atoms with Crippen LogP contribution < -0.4 is 5.32 Å². The third kappa shape index (κ3) is 7.06. The van der Waals surface area contributed by atoms with E-state index in [9.17, 15) is 8.78 Å². The van der Waals surface area contributed by atoms with Crippen LogP contribution in [0.3, 0.4) is 0 Å². The van der Waals surface area contributed by atoms with Crippen LogP contribution in [0.1, 0.15) is 32.3 Å². The molecule has 120 valence electrons. The molecule has 0 aliphatic heterocycles. The Morgan fingerprint density at radius 3 is 2.62 bits per heavy atom. The quantitative estimate of drug-likeness (QED) is 0.439. The van der Waals surface area contributed by atoms with Gasteiger partial charge in [-0.1, -0.05) is 13.3 Å². The third-order valence-corrected chi connectivity index (χ3v) is 2.95. The first-order valence-corrected chi connectivity index (χ1v) is 7.01. The van der Waals surface area contributed by atoms with E-state index in [1.807, 2.05) is 18.9 Å². The van der Waals surface area contributed by atoms with E-state index in [0.717, 1.165) is 38.1 Å². The molecule has 0 aliphatic carbocycles. The van der Waals surface area contributed by atoms with Gasteiger partial charge < -0.3 is 10.2 Å². The summed E-state index contributed by atoms with van der Waals surface area (Å²) < 4.78 is 26.6. The van der Waals surface area contributed by atoms with Gasteiger partial charge in [0.2, 0.25) is 0 Å². The van der Waals surface area contributed by atoms with Gasteiger partial charge in [-0.15, -0.1) is 24.0 Å². The Labute approximate surface area is 142 Å². The van der Waals surface area contributed by atoms with Crippen molar-refractivity contribution in [2.24, 2.45) is 4.99 Å². The first kappa shape index (κ1) is 20.1. The maximum Gasteiger partial charge on any atom is 0.193 e. The second kappa shape index (κ2) is 10.8. The Bertz CT molecular complexity index is 453. The topological polar surface area (TPSA) is 27.6 Å². The van der Waals surface area contributed by atoms with Crippen molar-refractivity contribution < 1.29 is 8.78 Å². The molecule has 6 heteroatoms. The summed E-state index contributed by atoms with van der Waals surface area (Å²) in [5.74, 6) is -0.159. The van der Waals surface area contributed by atoms with E-state index in [-0.39, 0.29) is 36.1 Å². The van der Waals surface area contributed by atoms with Crippen LogP contribution in [0.25, 0.3) is 0 Å². The second-order valence-electron chi connectivity index (χ2n) is 4.68. The molecule has 0 atom stereocenters. The van der Waals surface area contributed by atoms with Gasteiger partial charge in [0.1, 0.15) is 11.6 Å². The van der Waals surface area contributed by atoms with Gasteiger partial charge in [0.15, 0.2) is 5.96 Å². The molecule has 0 saturated heterocycles. The zero-order valence-electron chi connectivity index (χ0n) is 12.8. The zero-order chi connectivity index (χ0) is 15.0. The average molecular weight is 411 g/mol. The minimum absolute atomic E-state index is 0. The van der Waals surface area contributed by atoms with Crippen LogP contribution in [-0.2, 0) is 6.54 Å². The monoisotopic (exact) mass is 411 g/mol. The Kier molecular flexibility index (Phi) is 10.3. The van der Waals surface area contributed by atoms with Crippen LogP contribution >= 0.6 is 24.0 Å². The van der Waals surface area contributed by atoms with E-state index in [1.54, 1.807) is 0 Å². The van der Waals surface area contributed by atoms with Crippen molar-refractivity contribution in [1.82, 2.24) is 10.2 Å². The predicted octanol–water partition coefficient (Wildman–Crippen LogP) is 3.78. The van der Waals surface area contributed by atoms with Crippen LogP contribution in [0.15, 0.2) is 23.2 Å². The lowest BCUT2D eigenvalue weighted by molar-refractivity contribution is 0.464. The summed E-state index contributed by atoms with van der Waals surface area (Å²) in [4.78, 5) is 6.37. The highest BCUT2D eigenvalue weighted by Gasteiger charge is 2.07. The van der Waals surface area contributed by atoms with Gasteiger partial charge in [-0.2, -0.15) is 0 Å². The lowest BCUT2D eigenvalue weighted by atomic mass is 10.2. The van der Waals surface area contributed by atoms with Crippen LogP contribution in [0.2, 0.25) is 0 Å². The summed E-state index contributed by atoms with van der Waals surface area (Å²) >= 11 is 0. The second-order valence-corrected chi connectivity index (χ2v) is 4.68. The van der Waals surface area contributed by atoms with E-state index in [1.165, 1.54) is 6.07 Å². The fourth-order valence-electron chi connectivity index (χ4n) is 1.80. The van der Waals surface area contributed by atoms with Gasteiger partial charge >= 0.3 is 0 Å². The molecule has 1 aromatic rings. The Hall–Kier alpha value is -0.920. The van der Waals surface area contributed by atoms with Gasteiger partial charge in [0.05, 0.1) is 6.54 Å². The number of hydrogen-bond acceptors (Lipinski definition) is 1. The minimum Gasteiger partial charge on any atom is -0.357 e. The van der Waals surface area contributed by atoms with E-state index >= 15 is 0 Å². The first-order valence-electron chi connectivity index (χ1n) is 7.01. The third-order valence-electron chi connectivity index (χ3n) is 2.95. The van der Waals surface area contributed by atoms with Gasteiger partial charge in [-0.05, 0) is 31.5 Å². The zero-order valence-corrected chi connectivity index (χ0v) is 15.2. The molecule has 3 nitrogen and oxygen atoms in total. The Balaban J connectivity index is 0.00000400. The van der Waals surface area contributed by atoms with Crippen LogP contribution in [0.4, 0.5) is 8.78 Å². The molecular formula is C15H24F2IN3. The average Bonchev–Trinajstić information content (AvgIpc) is 2.44. The highest BCUT2D eigenvalue weighted by atomic mass is 127. The number of nitrogens with one attached hydrogen (secondary N) is 1. The molecule has 0 bridgehead atoms. The summed E-state index contributed by atoms with van der Waals surface area (Å²) in [7, 11) is 1.94. The van der Waals surface area contributed by atoms with Crippen molar-refractivity contribution in [2.45, 2.75) is 33.2 Å². The number of hydrogen-bond donors (Lipinski definition) is 1. The summed E-state index contributed by atoms with van der Waals surface area (Å²) in [5, 5.41) is 3.16. The van der Waals surface area contributed by atoms with Gasteiger partial charge in [-0.3, -0.25) is 0 Å². The molecule has 1 rings (SSSR count). The molecule has 0 aliphatic rings. The van der Waals surface area contributed by atoms with Gasteiger partial charge in [-0.25, -0.2) is 13.8 Å². The van der Waals surface area contributed by atoms with Crippen LogP contribution in [0, 0.1) is 11.6 Å². The SMILES string of the molecule is CCCCN(C)C(=NCc1cc(F)ccc1F)NCC.I. The smallest absolute Gasteiger partial charge is 0.193 e. The number of rotatable bonds is 6. The number of aliphatic imine (C=N–C) groups is 1. The standard InChI is InChI=1S/C15H23F2N3.HI/c1-4-6-9-20(3)15(18-5-2)19-11-12-10-13(16)7-8-14(12)17;/h7-8,10H,4-6,9,11H2,1-3H3,(H,18,19);1H. The van der Waals surface area contributed by atoms with E-state index < -0.39 is 11.6 Å². The number of nitrogens with zero attached hydrogens (tertiary/aromatic N) is 2. The summed E-state index contributed by atoms with van der Waals surface area (Å²) in [6.07, 6.45) is 2.16. The number of guanidine groups is 1. The molecule has 0 unspecified atom stereocenters. The summed E-state index contributed by atoms with van der Waals surface area (Å²) in [6, 6.07) is 3.43. The largest absolute Gasteiger partial charge is 0.357 e. The van der Waals surface area contributed by atoms with Crippen molar-refractivity contribution in [2.75, 3.05) is 20.1 Å². The molecule has 0 amide bonds. The molecule has 1 N–H and O–H groups in total. The van der Waals surface area contributed by atoms with Gasteiger partial charge in [0, 0.05) is 25.7 Å². The molecule has 1 aromatic carbocycles.